The first-order chi connectivity index (χ1) is 13.9. The summed E-state index contributed by atoms with van der Waals surface area (Å²) in [5, 5.41) is 0. The molecule has 0 aromatic heterocycles. The Labute approximate surface area is 167 Å². The summed E-state index contributed by atoms with van der Waals surface area (Å²) in [6, 6.07) is 16.1. The maximum absolute atomic E-state index is 12.7. The van der Waals surface area contributed by atoms with Crippen molar-refractivity contribution in [2.75, 3.05) is 26.2 Å². The van der Waals surface area contributed by atoms with Crippen molar-refractivity contribution in [3.8, 4) is 5.75 Å². The first kappa shape index (κ1) is 19.6. The lowest BCUT2D eigenvalue weighted by Crippen LogP contribution is -2.51. The van der Waals surface area contributed by atoms with Gasteiger partial charge in [-0.2, -0.15) is 0 Å². The van der Waals surface area contributed by atoms with Crippen molar-refractivity contribution in [2.45, 2.75) is 25.5 Å². The number of halogens is 3. The first-order valence-corrected chi connectivity index (χ1v) is 9.54. The van der Waals surface area contributed by atoms with Gasteiger partial charge in [0.05, 0.1) is 6.04 Å². The number of urea groups is 1. The van der Waals surface area contributed by atoms with Crippen molar-refractivity contribution >= 4 is 6.03 Å². The molecule has 2 aromatic carbocycles. The van der Waals surface area contributed by atoms with Crippen LogP contribution >= 0.6 is 0 Å². The minimum Gasteiger partial charge on any atom is -0.406 e. The summed E-state index contributed by atoms with van der Waals surface area (Å²) in [7, 11) is 0. The van der Waals surface area contributed by atoms with Gasteiger partial charge in [0.1, 0.15) is 5.75 Å². The molecule has 2 amide bonds. The van der Waals surface area contributed by atoms with Gasteiger partial charge >= 0.3 is 12.4 Å². The Hall–Kier alpha value is -2.74. The van der Waals surface area contributed by atoms with E-state index >= 15 is 0 Å². The van der Waals surface area contributed by atoms with Crippen LogP contribution in [0.15, 0.2) is 54.6 Å². The summed E-state index contributed by atoms with van der Waals surface area (Å²) in [6.07, 6.45) is -4.68. The molecule has 2 aliphatic rings. The van der Waals surface area contributed by atoms with Crippen LogP contribution in [-0.2, 0) is 13.1 Å². The third kappa shape index (κ3) is 4.82. The van der Waals surface area contributed by atoms with Gasteiger partial charge in [-0.3, -0.25) is 4.90 Å². The molecule has 0 saturated carbocycles. The lowest BCUT2D eigenvalue weighted by molar-refractivity contribution is -0.274. The number of piperazine rings is 1. The van der Waals surface area contributed by atoms with Crippen LogP contribution < -0.4 is 4.74 Å². The molecule has 2 aliphatic heterocycles. The quantitative estimate of drug-likeness (QED) is 0.761. The van der Waals surface area contributed by atoms with E-state index in [9.17, 15) is 18.0 Å². The standard InChI is InChI=1S/C21H22F3N3O2/c22-21(23,24)29-19-8-6-17(7-9-19)12-25-10-11-27-18(14-25)15-26(20(27)28)13-16-4-2-1-3-5-16/h1-9,18H,10-15H2/t18-/m1/s1. The number of ether oxygens (including phenoxy) is 1. The first-order valence-electron chi connectivity index (χ1n) is 9.54. The maximum atomic E-state index is 12.7. The van der Waals surface area contributed by atoms with Crippen LogP contribution in [0, 0.1) is 0 Å². The van der Waals surface area contributed by atoms with E-state index in [1.165, 1.54) is 12.1 Å². The van der Waals surface area contributed by atoms with Gasteiger partial charge in [0, 0.05) is 39.3 Å². The van der Waals surface area contributed by atoms with E-state index in [1.54, 1.807) is 12.1 Å². The summed E-state index contributed by atoms with van der Waals surface area (Å²) in [6.45, 7) is 4.06. The van der Waals surface area contributed by atoms with Crippen LogP contribution in [0.3, 0.4) is 0 Å². The van der Waals surface area contributed by atoms with Crippen molar-refractivity contribution in [1.82, 2.24) is 14.7 Å². The summed E-state index contributed by atoms with van der Waals surface area (Å²) >= 11 is 0. The lowest BCUT2D eigenvalue weighted by Gasteiger charge is -2.36. The Balaban J connectivity index is 1.33. The van der Waals surface area contributed by atoms with Crippen LogP contribution in [0.25, 0.3) is 0 Å². The molecule has 2 aromatic rings. The predicted octanol–water partition coefficient (Wildman–Crippen LogP) is 3.71. The molecule has 0 bridgehead atoms. The molecule has 2 fully saturated rings. The van der Waals surface area contributed by atoms with E-state index in [0.29, 0.717) is 26.2 Å². The summed E-state index contributed by atoms with van der Waals surface area (Å²) in [5.74, 6) is -0.219. The largest absolute Gasteiger partial charge is 0.573 e. The fourth-order valence-electron chi connectivity index (χ4n) is 3.98. The predicted molar refractivity (Wildman–Crippen MR) is 101 cm³/mol. The highest BCUT2D eigenvalue weighted by Gasteiger charge is 2.40. The van der Waals surface area contributed by atoms with Gasteiger partial charge in [-0.1, -0.05) is 42.5 Å². The molecular formula is C21H22F3N3O2. The Morgan fingerprint density at radius 1 is 0.897 bits per heavy atom. The average molecular weight is 405 g/mol. The molecule has 5 nitrogen and oxygen atoms in total. The zero-order chi connectivity index (χ0) is 20.4. The fourth-order valence-corrected chi connectivity index (χ4v) is 3.98. The van der Waals surface area contributed by atoms with Crippen LogP contribution in [0.5, 0.6) is 5.75 Å². The third-order valence-electron chi connectivity index (χ3n) is 5.29. The van der Waals surface area contributed by atoms with Crippen molar-refractivity contribution < 1.29 is 22.7 Å². The van der Waals surface area contributed by atoms with Gasteiger partial charge in [0.25, 0.3) is 0 Å². The molecule has 0 N–H and O–H groups in total. The van der Waals surface area contributed by atoms with E-state index in [0.717, 1.165) is 24.2 Å². The highest BCUT2D eigenvalue weighted by molar-refractivity contribution is 5.77. The highest BCUT2D eigenvalue weighted by atomic mass is 19.4. The van der Waals surface area contributed by atoms with Crippen LogP contribution in [-0.4, -0.2) is 59.3 Å². The number of rotatable bonds is 5. The van der Waals surface area contributed by atoms with Crippen LogP contribution in [0.1, 0.15) is 11.1 Å². The summed E-state index contributed by atoms with van der Waals surface area (Å²) in [4.78, 5) is 18.7. The maximum Gasteiger partial charge on any atom is 0.573 e. The summed E-state index contributed by atoms with van der Waals surface area (Å²) < 4.78 is 40.7. The number of hydrogen-bond acceptors (Lipinski definition) is 3. The highest BCUT2D eigenvalue weighted by Crippen LogP contribution is 2.25. The van der Waals surface area contributed by atoms with Crippen molar-refractivity contribution in [1.29, 1.82) is 0 Å². The number of carbonyl (C=O) groups is 1. The SMILES string of the molecule is O=C1N(Cc2ccccc2)C[C@H]2CN(Cc3ccc(OC(F)(F)F)cc3)CCN12. The van der Waals surface area contributed by atoms with Gasteiger partial charge in [-0.15, -0.1) is 13.2 Å². The van der Waals surface area contributed by atoms with Crippen molar-refractivity contribution in [3.63, 3.8) is 0 Å². The minimum atomic E-state index is -4.68. The Bertz CT molecular complexity index is 842. The molecule has 2 saturated heterocycles. The molecule has 1 atom stereocenters. The van der Waals surface area contributed by atoms with E-state index in [4.69, 9.17) is 0 Å². The van der Waals surface area contributed by atoms with E-state index < -0.39 is 6.36 Å². The molecule has 0 radical (unpaired) electrons. The second-order valence-corrected chi connectivity index (χ2v) is 7.42. The molecule has 154 valence electrons. The number of hydrogen-bond donors (Lipinski definition) is 0. The number of carbonyl (C=O) groups excluding carboxylic acids is 1. The molecule has 8 heteroatoms. The Morgan fingerprint density at radius 3 is 2.28 bits per heavy atom. The molecule has 29 heavy (non-hydrogen) atoms. The average Bonchev–Trinajstić information content (AvgIpc) is 2.98. The topological polar surface area (TPSA) is 36.0 Å². The fraction of sp³-hybridized carbons (Fsp3) is 0.381. The number of alkyl halides is 3. The molecule has 2 heterocycles. The van der Waals surface area contributed by atoms with Crippen LogP contribution in [0.2, 0.25) is 0 Å². The molecule has 4 rings (SSSR count). The summed E-state index contributed by atoms with van der Waals surface area (Å²) in [5.41, 5.74) is 2.03. The number of fused-ring (bicyclic) bond motifs is 1. The van der Waals surface area contributed by atoms with Gasteiger partial charge in [-0.05, 0) is 23.3 Å². The van der Waals surface area contributed by atoms with E-state index in [1.807, 2.05) is 40.1 Å². The molecule has 0 spiro atoms. The zero-order valence-electron chi connectivity index (χ0n) is 15.8. The van der Waals surface area contributed by atoms with Gasteiger partial charge in [-0.25, -0.2) is 4.79 Å². The second-order valence-electron chi connectivity index (χ2n) is 7.42. The molecular weight excluding hydrogens is 383 g/mol. The second kappa shape index (κ2) is 7.94. The van der Waals surface area contributed by atoms with Crippen LogP contribution in [0.4, 0.5) is 18.0 Å². The Morgan fingerprint density at radius 2 is 1.59 bits per heavy atom. The van der Waals surface area contributed by atoms with Crippen molar-refractivity contribution in [3.05, 3.63) is 65.7 Å². The number of amides is 2. The van der Waals surface area contributed by atoms with Gasteiger partial charge < -0.3 is 14.5 Å². The zero-order valence-corrected chi connectivity index (χ0v) is 15.8. The number of benzene rings is 2. The van der Waals surface area contributed by atoms with Gasteiger partial charge in [0.2, 0.25) is 0 Å². The van der Waals surface area contributed by atoms with E-state index in [-0.39, 0.29) is 17.8 Å². The third-order valence-corrected chi connectivity index (χ3v) is 5.29. The smallest absolute Gasteiger partial charge is 0.406 e. The number of nitrogens with zero attached hydrogens (tertiary/aromatic N) is 3. The monoisotopic (exact) mass is 405 g/mol. The molecule has 0 aliphatic carbocycles. The normalized spacial score (nSPS) is 20.1. The molecule has 0 unspecified atom stereocenters. The van der Waals surface area contributed by atoms with E-state index in [2.05, 4.69) is 9.64 Å². The van der Waals surface area contributed by atoms with Crippen molar-refractivity contribution in [2.24, 2.45) is 0 Å². The Kier molecular flexibility index (Phi) is 5.36. The minimum absolute atomic E-state index is 0.0761. The lowest BCUT2D eigenvalue weighted by atomic mass is 10.1. The van der Waals surface area contributed by atoms with Gasteiger partial charge in [0.15, 0.2) is 0 Å².